The van der Waals surface area contributed by atoms with Gasteiger partial charge >= 0.3 is 0 Å². The van der Waals surface area contributed by atoms with Crippen LogP contribution in [0.1, 0.15) is 61.3 Å². The van der Waals surface area contributed by atoms with E-state index in [-0.39, 0.29) is 17.2 Å². The van der Waals surface area contributed by atoms with E-state index in [4.69, 9.17) is 8.85 Å². The zero-order valence-corrected chi connectivity index (χ0v) is 19.3. The van der Waals surface area contributed by atoms with Crippen molar-refractivity contribution in [2.75, 3.05) is 0 Å². The summed E-state index contributed by atoms with van der Waals surface area (Å²) in [6.45, 7) is 24.6. The van der Waals surface area contributed by atoms with Gasteiger partial charge in [-0.1, -0.05) is 47.6 Å². The molecule has 0 N–H and O–H groups in total. The maximum atomic E-state index is 6.70. The van der Waals surface area contributed by atoms with Crippen LogP contribution in [0.25, 0.3) is 0 Å². The van der Waals surface area contributed by atoms with Crippen LogP contribution in [0.3, 0.4) is 0 Å². The van der Waals surface area contributed by atoms with E-state index in [9.17, 15) is 0 Å². The Bertz CT molecular complexity index is 336. The van der Waals surface area contributed by atoms with Crippen LogP contribution in [0.5, 0.6) is 0 Å². The summed E-state index contributed by atoms with van der Waals surface area (Å²) >= 11 is 0. The average Bonchev–Trinajstić information content (AvgIpc) is 2.43. The van der Waals surface area contributed by atoms with Crippen molar-refractivity contribution in [2.24, 2.45) is 0 Å². The van der Waals surface area contributed by atoms with Gasteiger partial charge in [-0.15, -0.1) is 6.58 Å². The molecule has 0 rings (SSSR count). The molecule has 0 amide bonds. The van der Waals surface area contributed by atoms with Crippen molar-refractivity contribution in [3.63, 3.8) is 0 Å². The lowest BCUT2D eigenvalue weighted by atomic mass is 10.1. The molecule has 0 aliphatic rings. The van der Waals surface area contributed by atoms with Gasteiger partial charge in [-0.05, 0) is 56.0 Å². The Morgan fingerprint density at radius 3 is 1.83 bits per heavy atom. The van der Waals surface area contributed by atoms with Gasteiger partial charge in [-0.3, -0.25) is 0 Å². The lowest BCUT2D eigenvalue weighted by Gasteiger charge is -2.40. The van der Waals surface area contributed by atoms with Gasteiger partial charge in [0.05, 0.1) is 6.10 Å². The van der Waals surface area contributed by atoms with Crippen LogP contribution in [0, 0.1) is 0 Å². The molecular formula is C19H42O2Si2. The van der Waals surface area contributed by atoms with Gasteiger partial charge in [0.15, 0.2) is 16.6 Å². The molecule has 0 radical (unpaired) electrons. The number of hydrogen-bond acceptors (Lipinski definition) is 2. The Balaban J connectivity index is 4.91. The Hall–Kier alpha value is 0.0938. The molecule has 0 fully saturated rings. The molecule has 0 unspecified atom stereocenters. The molecule has 138 valence electrons. The van der Waals surface area contributed by atoms with Gasteiger partial charge in [0.1, 0.15) is 0 Å². The standard InChI is InChI=1S/C19H42O2Si2/c1-11-15-18(21-23(12-2,13-3)14-4)16-17(5)20-22(9,10)19(6,7)8/h11,17-18H,1,12-16H2,2-10H3/t17-,18-/m1/s1. The molecule has 2 atom stereocenters. The fourth-order valence-corrected chi connectivity index (χ4v) is 7.19. The maximum Gasteiger partial charge on any atom is 0.192 e. The van der Waals surface area contributed by atoms with Crippen LogP contribution >= 0.6 is 0 Å². The average molecular weight is 359 g/mol. The zero-order valence-electron chi connectivity index (χ0n) is 17.3. The van der Waals surface area contributed by atoms with E-state index in [1.54, 1.807) is 0 Å². The summed E-state index contributed by atoms with van der Waals surface area (Å²) in [7, 11) is -3.28. The molecule has 0 saturated carbocycles. The molecule has 23 heavy (non-hydrogen) atoms. The third kappa shape index (κ3) is 7.24. The van der Waals surface area contributed by atoms with Crippen LogP contribution in [0.15, 0.2) is 12.7 Å². The minimum atomic E-state index is -1.71. The molecule has 4 heteroatoms. The molecule has 0 aromatic heterocycles. The second-order valence-electron chi connectivity index (χ2n) is 8.43. The van der Waals surface area contributed by atoms with E-state index in [0.29, 0.717) is 0 Å². The van der Waals surface area contributed by atoms with Gasteiger partial charge in [0, 0.05) is 6.10 Å². The monoisotopic (exact) mass is 358 g/mol. The molecule has 0 spiro atoms. The summed E-state index contributed by atoms with van der Waals surface area (Å²) in [5.41, 5.74) is 0. The van der Waals surface area contributed by atoms with Crippen molar-refractivity contribution in [1.82, 2.24) is 0 Å². The van der Waals surface area contributed by atoms with Crippen molar-refractivity contribution >= 4 is 16.6 Å². The second-order valence-corrected chi connectivity index (χ2v) is 17.9. The third-order valence-corrected chi connectivity index (χ3v) is 15.0. The largest absolute Gasteiger partial charge is 0.414 e. The van der Waals surface area contributed by atoms with Gasteiger partial charge in [-0.25, -0.2) is 0 Å². The Kier molecular flexibility index (Phi) is 9.58. The molecular weight excluding hydrogens is 316 g/mol. The summed E-state index contributed by atoms with van der Waals surface area (Å²) in [5.74, 6) is 0. The van der Waals surface area contributed by atoms with E-state index < -0.39 is 16.6 Å². The highest BCUT2D eigenvalue weighted by Gasteiger charge is 2.39. The van der Waals surface area contributed by atoms with Crippen LogP contribution < -0.4 is 0 Å². The van der Waals surface area contributed by atoms with E-state index in [1.165, 1.54) is 18.1 Å². The predicted molar refractivity (Wildman–Crippen MR) is 109 cm³/mol. The summed E-state index contributed by atoms with van der Waals surface area (Å²) in [4.78, 5) is 0. The summed E-state index contributed by atoms with van der Waals surface area (Å²) in [6.07, 6.45) is 4.42. The number of rotatable bonds is 11. The predicted octanol–water partition coefficient (Wildman–Crippen LogP) is 6.75. The Labute approximate surface area is 148 Å². The summed E-state index contributed by atoms with van der Waals surface area (Å²) in [6, 6.07) is 3.60. The van der Waals surface area contributed by atoms with Gasteiger partial charge in [-0.2, -0.15) is 0 Å². The maximum absolute atomic E-state index is 6.70. The van der Waals surface area contributed by atoms with Crippen LogP contribution in [-0.4, -0.2) is 28.8 Å². The molecule has 0 saturated heterocycles. The molecule has 0 bridgehead atoms. The van der Waals surface area contributed by atoms with Crippen LogP contribution in [-0.2, 0) is 8.85 Å². The first-order chi connectivity index (χ1) is 10.5. The second kappa shape index (κ2) is 9.54. The minimum Gasteiger partial charge on any atom is -0.414 e. The smallest absolute Gasteiger partial charge is 0.192 e. The minimum absolute atomic E-state index is 0.248. The normalized spacial score (nSPS) is 16.2. The molecule has 0 aliphatic heterocycles. The zero-order chi connectivity index (χ0) is 18.3. The van der Waals surface area contributed by atoms with Gasteiger partial charge < -0.3 is 8.85 Å². The van der Waals surface area contributed by atoms with Gasteiger partial charge in [0.2, 0.25) is 0 Å². The van der Waals surface area contributed by atoms with E-state index in [2.05, 4.69) is 68.1 Å². The topological polar surface area (TPSA) is 18.5 Å². The van der Waals surface area contributed by atoms with Crippen molar-refractivity contribution in [1.29, 1.82) is 0 Å². The van der Waals surface area contributed by atoms with Crippen LogP contribution in [0.2, 0.25) is 36.3 Å². The van der Waals surface area contributed by atoms with Gasteiger partial charge in [0.25, 0.3) is 0 Å². The molecule has 0 aromatic rings. The fourth-order valence-electron chi connectivity index (χ4n) is 2.83. The van der Waals surface area contributed by atoms with Crippen molar-refractivity contribution in [3.05, 3.63) is 12.7 Å². The first-order valence-electron chi connectivity index (χ1n) is 9.43. The molecule has 0 aromatic carbocycles. The Morgan fingerprint density at radius 2 is 1.48 bits per heavy atom. The van der Waals surface area contributed by atoms with E-state index in [1.807, 2.05) is 6.08 Å². The Morgan fingerprint density at radius 1 is 1.00 bits per heavy atom. The molecule has 0 aliphatic carbocycles. The highest BCUT2D eigenvalue weighted by Crippen LogP contribution is 2.38. The first-order valence-corrected chi connectivity index (χ1v) is 14.9. The van der Waals surface area contributed by atoms with E-state index in [0.717, 1.165) is 12.8 Å². The lowest BCUT2D eigenvalue weighted by Crippen LogP contribution is -2.45. The first kappa shape index (κ1) is 23.1. The van der Waals surface area contributed by atoms with Crippen molar-refractivity contribution < 1.29 is 8.85 Å². The summed E-state index contributed by atoms with van der Waals surface area (Å²) < 4.78 is 13.2. The SMILES string of the molecule is C=CC[C@H](C[C@@H](C)O[Si](C)(C)C(C)(C)C)O[Si](CC)(CC)CC. The van der Waals surface area contributed by atoms with Crippen molar-refractivity contribution in [2.45, 2.75) is 110 Å². The molecule has 0 heterocycles. The van der Waals surface area contributed by atoms with Crippen molar-refractivity contribution in [3.8, 4) is 0 Å². The highest BCUT2D eigenvalue weighted by atomic mass is 28.4. The third-order valence-electron chi connectivity index (χ3n) is 5.68. The van der Waals surface area contributed by atoms with Crippen LogP contribution in [0.4, 0.5) is 0 Å². The highest BCUT2D eigenvalue weighted by molar-refractivity contribution is 6.74. The quantitative estimate of drug-likeness (QED) is 0.300. The lowest BCUT2D eigenvalue weighted by molar-refractivity contribution is 0.105. The summed E-state index contributed by atoms with van der Waals surface area (Å²) in [5, 5.41) is 0.255. The molecule has 2 nitrogen and oxygen atoms in total. The number of hydrogen-bond donors (Lipinski definition) is 0. The van der Waals surface area contributed by atoms with E-state index >= 15 is 0 Å². The fraction of sp³-hybridized carbons (Fsp3) is 0.895.